The summed E-state index contributed by atoms with van der Waals surface area (Å²) in [6, 6.07) is 0. The molecule has 0 aliphatic carbocycles. The van der Waals surface area contributed by atoms with Crippen LogP contribution >= 0.6 is 0 Å². The van der Waals surface area contributed by atoms with Crippen molar-refractivity contribution in [1.29, 1.82) is 0 Å². The Morgan fingerprint density at radius 1 is 0.800 bits per heavy atom. The Balaban J connectivity index is 3.68. The van der Waals surface area contributed by atoms with Gasteiger partial charge in [0.05, 0.1) is 0 Å². The lowest BCUT2D eigenvalue weighted by Crippen LogP contribution is -2.11. The number of ether oxygens (including phenoxy) is 2. The first-order valence-corrected chi connectivity index (χ1v) is 6.33. The fourth-order valence-electron chi connectivity index (χ4n) is 2.41. The second-order valence-corrected chi connectivity index (χ2v) is 4.88. The monoisotopic (exact) mass is 276 g/mol. The number of benzene rings is 1. The topological polar surface area (TPSA) is 52.6 Å². The summed E-state index contributed by atoms with van der Waals surface area (Å²) < 4.78 is 10.5. The number of hydrogen-bond donors (Lipinski definition) is 0. The van der Waals surface area contributed by atoms with Gasteiger partial charge in [0, 0.05) is 30.5 Å². The Hall–Kier alpha value is -2.10. The SMILES string of the molecule is C=C(C)c1c(C)c(OC(C)=O)c(C)c(OC(C)=O)c1C. The zero-order chi connectivity index (χ0) is 15.6. The minimum Gasteiger partial charge on any atom is -0.426 e. The van der Waals surface area contributed by atoms with Crippen molar-refractivity contribution >= 4 is 17.5 Å². The largest absolute Gasteiger partial charge is 0.426 e. The van der Waals surface area contributed by atoms with E-state index in [1.54, 1.807) is 6.92 Å². The Morgan fingerprint density at radius 2 is 1.15 bits per heavy atom. The molecule has 1 aromatic rings. The van der Waals surface area contributed by atoms with Crippen LogP contribution in [0.1, 0.15) is 43.0 Å². The molecular formula is C16H20O4. The third-order valence-corrected chi connectivity index (χ3v) is 3.03. The van der Waals surface area contributed by atoms with Crippen LogP contribution < -0.4 is 9.47 Å². The van der Waals surface area contributed by atoms with Gasteiger partial charge in [-0.1, -0.05) is 12.2 Å². The Bertz CT molecular complexity index is 554. The second-order valence-electron chi connectivity index (χ2n) is 4.88. The summed E-state index contributed by atoms with van der Waals surface area (Å²) in [7, 11) is 0. The van der Waals surface area contributed by atoms with Crippen molar-refractivity contribution in [2.24, 2.45) is 0 Å². The summed E-state index contributed by atoms with van der Waals surface area (Å²) in [5.74, 6) is 0.0256. The molecule has 0 unspecified atom stereocenters. The zero-order valence-electron chi connectivity index (χ0n) is 12.8. The van der Waals surface area contributed by atoms with Crippen molar-refractivity contribution in [3.05, 3.63) is 28.8 Å². The highest BCUT2D eigenvalue weighted by atomic mass is 16.5. The number of esters is 2. The number of hydrogen-bond acceptors (Lipinski definition) is 4. The van der Waals surface area contributed by atoms with Crippen molar-refractivity contribution in [2.45, 2.75) is 41.5 Å². The van der Waals surface area contributed by atoms with E-state index in [0.29, 0.717) is 17.1 Å². The van der Waals surface area contributed by atoms with Crippen molar-refractivity contribution in [3.8, 4) is 11.5 Å². The number of allylic oxidation sites excluding steroid dienone is 1. The molecule has 0 N–H and O–H groups in total. The third-order valence-electron chi connectivity index (χ3n) is 3.03. The van der Waals surface area contributed by atoms with E-state index in [1.807, 2.05) is 20.8 Å². The molecule has 0 atom stereocenters. The van der Waals surface area contributed by atoms with Crippen molar-refractivity contribution < 1.29 is 19.1 Å². The van der Waals surface area contributed by atoms with Crippen LogP contribution in [0, 0.1) is 20.8 Å². The summed E-state index contributed by atoms with van der Waals surface area (Å²) in [6.45, 7) is 14.0. The average Bonchev–Trinajstić information content (AvgIpc) is 2.29. The minimum atomic E-state index is -0.415. The van der Waals surface area contributed by atoms with Crippen LogP contribution in [0.4, 0.5) is 0 Å². The molecule has 0 aliphatic heterocycles. The van der Waals surface area contributed by atoms with Gasteiger partial charge in [-0.25, -0.2) is 0 Å². The predicted octanol–water partition coefficient (Wildman–Crippen LogP) is 3.50. The molecule has 0 radical (unpaired) electrons. The summed E-state index contributed by atoms with van der Waals surface area (Å²) in [5, 5.41) is 0. The summed E-state index contributed by atoms with van der Waals surface area (Å²) in [5.41, 5.74) is 3.94. The molecule has 0 fully saturated rings. The molecule has 1 rings (SSSR count). The van der Waals surface area contributed by atoms with Crippen LogP contribution in [0.25, 0.3) is 5.57 Å². The lowest BCUT2D eigenvalue weighted by Gasteiger charge is -2.20. The van der Waals surface area contributed by atoms with E-state index in [4.69, 9.17) is 9.47 Å². The molecule has 4 heteroatoms. The molecule has 0 aromatic heterocycles. The van der Waals surface area contributed by atoms with Crippen LogP contribution in [0.2, 0.25) is 0 Å². The van der Waals surface area contributed by atoms with Gasteiger partial charge in [0.1, 0.15) is 11.5 Å². The fourth-order valence-corrected chi connectivity index (χ4v) is 2.41. The van der Waals surface area contributed by atoms with Gasteiger partial charge in [0.2, 0.25) is 0 Å². The highest BCUT2D eigenvalue weighted by Gasteiger charge is 2.21. The first kappa shape index (κ1) is 16.0. The molecule has 0 saturated heterocycles. The first-order valence-electron chi connectivity index (χ1n) is 6.33. The Labute approximate surface area is 119 Å². The van der Waals surface area contributed by atoms with Crippen molar-refractivity contribution in [1.82, 2.24) is 0 Å². The van der Waals surface area contributed by atoms with E-state index in [0.717, 1.165) is 22.3 Å². The lowest BCUT2D eigenvalue weighted by atomic mass is 9.93. The molecule has 4 nitrogen and oxygen atoms in total. The molecule has 0 amide bonds. The smallest absolute Gasteiger partial charge is 0.308 e. The van der Waals surface area contributed by atoms with E-state index in [2.05, 4.69) is 6.58 Å². The number of carbonyl (C=O) groups excluding carboxylic acids is 2. The van der Waals surface area contributed by atoms with Crippen molar-refractivity contribution in [3.63, 3.8) is 0 Å². The molecule has 108 valence electrons. The minimum absolute atomic E-state index is 0.415. The molecule has 0 bridgehead atoms. The summed E-state index contributed by atoms with van der Waals surface area (Å²) in [4.78, 5) is 22.5. The van der Waals surface area contributed by atoms with Gasteiger partial charge in [0.15, 0.2) is 0 Å². The highest BCUT2D eigenvalue weighted by Crippen LogP contribution is 2.40. The van der Waals surface area contributed by atoms with E-state index in [-0.39, 0.29) is 0 Å². The van der Waals surface area contributed by atoms with E-state index in [9.17, 15) is 9.59 Å². The van der Waals surface area contributed by atoms with Gasteiger partial charge in [-0.15, -0.1) is 0 Å². The molecule has 0 heterocycles. The Morgan fingerprint density at radius 3 is 1.40 bits per heavy atom. The molecule has 0 saturated carbocycles. The van der Waals surface area contributed by atoms with Gasteiger partial charge in [-0.05, 0) is 33.3 Å². The van der Waals surface area contributed by atoms with Crippen LogP contribution in [-0.4, -0.2) is 11.9 Å². The van der Waals surface area contributed by atoms with Crippen LogP contribution in [0.3, 0.4) is 0 Å². The number of rotatable bonds is 3. The third kappa shape index (κ3) is 3.07. The van der Waals surface area contributed by atoms with E-state index in [1.165, 1.54) is 13.8 Å². The average molecular weight is 276 g/mol. The molecule has 20 heavy (non-hydrogen) atoms. The van der Waals surface area contributed by atoms with Gasteiger partial charge in [-0.3, -0.25) is 9.59 Å². The molecule has 0 spiro atoms. The lowest BCUT2D eigenvalue weighted by molar-refractivity contribution is -0.132. The maximum Gasteiger partial charge on any atom is 0.308 e. The maximum atomic E-state index is 11.3. The summed E-state index contributed by atoms with van der Waals surface area (Å²) in [6.07, 6.45) is 0. The fraction of sp³-hybridized carbons (Fsp3) is 0.375. The van der Waals surface area contributed by atoms with Gasteiger partial charge in [0.25, 0.3) is 0 Å². The molecular weight excluding hydrogens is 256 g/mol. The standard InChI is InChI=1S/C16H20O4/c1-8(2)14-9(3)15(19-12(6)17)11(5)16(10(14)4)20-13(7)18/h1H2,2-7H3. The van der Waals surface area contributed by atoms with Crippen LogP contribution in [0.15, 0.2) is 6.58 Å². The maximum absolute atomic E-state index is 11.3. The van der Waals surface area contributed by atoms with E-state index >= 15 is 0 Å². The quantitative estimate of drug-likeness (QED) is 0.626. The van der Waals surface area contributed by atoms with Gasteiger partial charge >= 0.3 is 11.9 Å². The zero-order valence-corrected chi connectivity index (χ0v) is 12.8. The van der Waals surface area contributed by atoms with Crippen molar-refractivity contribution in [2.75, 3.05) is 0 Å². The van der Waals surface area contributed by atoms with E-state index < -0.39 is 11.9 Å². The Kier molecular flexibility index (Phi) is 4.71. The normalized spacial score (nSPS) is 10.1. The van der Waals surface area contributed by atoms with Crippen LogP contribution in [-0.2, 0) is 9.59 Å². The van der Waals surface area contributed by atoms with Crippen LogP contribution in [0.5, 0.6) is 11.5 Å². The van der Waals surface area contributed by atoms with Gasteiger partial charge < -0.3 is 9.47 Å². The van der Waals surface area contributed by atoms with Gasteiger partial charge in [-0.2, -0.15) is 0 Å². The highest BCUT2D eigenvalue weighted by molar-refractivity contribution is 5.79. The second kappa shape index (κ2) is 5.90. The predicted molar refractivity (Wildman–Crippen MR) is 78.0 cm³/mol. The summed E-state index contributed by atoms with van der Waals surface area (Å²) >= 11 is 0. The number of carbonyl (C=O) groups is 2. The molecule has 1 aromatic carbocycles. The molecule has 0 aliphatic rings. The first-order chi connectivity index (χ1) is 9.16.